The molecule has 184 valence electrons. The van der Waals surface area contributed by atoms with Crippen molar-refractivity contribution in [2.75, 3.05) is 39.0 Å². The van der Waals surface area contributed by atoms with Gasteiger partial charge in [-0.05, 0) is 56.8 Å². The highest BCUT2D eigenvalue weighted by molar-refractivity contribution is 5.94. The molecule has 7 nitrogen and oxygen atoms in total. The van der Waals surface area contributed by atoms with Gasteiger partial charge in [-0.2, -0.15) is 0 Å². The molecule has 0 saturated carbocycles. The van der Waals surface area contributed by atoms with Gasteiger partial charge in [0.25, 0.3) is 0 Å². The van der Waals surface area contributed by atoms with Crippen molar-refractivity contribution in [2.45, 2.75) is 31.8 Å². The van der Waals surface area contributed by atoms with E-state index in [1.807, 2.05) is 49.3 Å². The summed E-state index contributed by atoms with van der Waals surface area (Å²) in [6, 6.07) is 13.5. The number of rotatable bonds is 8. The zero-order valence-electron chi connectivity index (χ0n) is 19.2. The van der Waals surface area contributed by atoms with Gasteiger partial charge in [0.1, 0.15) is 11.8 Å². The number of hydrogen-bond donors (Lipinski definition) is 1. The van der Waals surface area contributed by atoms with Crippen molar-refractivity contribution in [1.82, 2.24) is 14.7 Å². The summed E-state index contributed by atoms with van der Waals surface area (Å²) in [6.45, 7) is 2.07. The maximum absolute atomic E-state index is 13.5. The Morgan fingerprint density at radius 2 is 1.74 bits per heavy atom. The molecule has 0 unspecified atom stereocenters. The predicted octanol–water partition coefficient (Wildman–Crippen LogP) is 4.17. The standard InChI is InChI=1S/C24H29F3N4O3/c1-29(2)15-16-30(17-18-7-4-3-5-8-18)22(32)21-9-6-14-31(21)23(33)28-19-10-12-20(13-11-19)34-24(25,26)27/h3-5,7-8,10-13,21H,6,9,14-17H2,1-2H3,(H,28,33)/t21-/m0/s1. The second-order valence-corrected chi connectivity index (χ2v) is 8.40. The number of nitrogens with one attached hydrogen (secondary N) is 1. The van der Waals surface area contributed by atoms with E-state index < -0.39 is 18.4 Å². The largest absolute Gasteiger partial charge is 0.573 e. The third-order valence-electron chi connectivity index (χ3n) is 5.48. The van der Waals surface area contributed by atoms with E-state index in [0.717, 1.165) is 17.7 Å². The lowest BCUT2D eigenvalue weighted by Gasteiger charge is -2.31. The highest BCUT2D eigenvalue weighted by atomic mass is 19.4. The molecule has 1 aliphatic rings. The maximum atomic E-state index is 13.5. The van der Waals surface area contributed by atoms with Gasteiger partial charge in [0, 0.05) is 31.9 Å². The van der Waals surface area contributed by atoms with Crippen molar-refractivity contribution < 1.29 is 27.5 Å². The summed E-state index contributed by atoms with van der Waals surface area (Å²) in [5, 5.41) is 2.67. The number of carbonyl (C=O) groups excluding carboxylic acids is 2. The quantitative estimate of drug-likeness (QED) is 0.619. The average molecular weight is 479 g/mol. The van der Waals surface area contributed by atoms with Crippen molar-refractivity contribution in [2.24, 2.45) is 0 Å². The van der Waals surface area contributed by atoms with E-state index in [4.69, 9.17) is 0 Å². The van der Waals surface area contributed by atoms with Crippen LogP contribution in [0.15, 0.2) is 54.6 Å². The Labute approximate surface area is 197 Å². The predicted molar refractivity (Wildman–Crippen MR) is 122 cm³/mol. The van der Waals surface area contributed by atoms with Crippen LogP contribution in [0.3, 0.4) is 0 Å². The molecule has 0 radical (unpaired) electrons. The average Bonchev–Trinajstić information content (AvgIpc) is 3.27. The Bertz CT molecular complexity index is 952. The number of ether oxygens (including phenoxy) is 1. The molecule has 1 saturated heterocycles. The molecule has 0 bridgehead atoms. The Morgan fingerprint density at radius 1 is 1.06 bits per heavy atom. The van der Waals surface area contributed by atoms with Gasteiger partial charge in [-0.3, -0.25) is 4.79 Å². The topological polar surface area (TPSA) is 65.1 Å². The molecular weight excluding hydrogens is 449 g/mol. The van der Waals surface area contributed by atoms with Gasteiger partial charge in [0.2, 0.25) is 5.91 Å². The summed E-state index contributed by atoms with van der Waals surface area (Å²) in [5.41, 5.74) is 1.32. The number of halogens is 3. The first-order valence-electron chi connectivity index (χ1n) is 11.0. The normalized spacial score (nSPS) is 15.9. The fraction of sp³-hybridized carbons (Fsp3) is 0.417. The van der Waals surface area contributed by atoms with Gasteiger partial charge < -0.3 is 24.8 Å². The summed E-state index contributed by atoms with van der Waals surface area (Å²) in [7, 11) is 3.87. The third kappa shape index (κ3) is 7.38. The number of likely N-dealkylation sites (tertiary alicyclic amines) is 1. The Kier molecular flexibility index (Phi) is 8.38. The summed E-state index contributed by atoms with van der Waals surface area (Å²) in [4.78, 5) is 31.7. The summed E-state index contributed by atoms with van der Waals surface area (Å²) in [6.07, 6.45) is -3.54. The van der Waals surface area contributed by atoms with Gasteiger partial charge in [-0.25, -0.2) is 4.79 Å². The molecule has 0 spiro atoms. The van der Waals surface area contributed by atoms with Crippen LogP contribution in [0.25, 0.3) is 0 Å². The summed E-state index contributed by atoms with van der Waals surface area (Å²) >= 11 is 0. The molecule has 2 aromatic rings. The first-order valence-corrected chi connectivity index (χ1v) is 11.0. The second-order valence-electron chi connectivity index (χ2n) is 8.40. The van der Waals surface area contributed by atoms with E-state index in [1.54, 1.807) is 4.90 Å². The molecule has 1 heterocycles. The number of amides is 3. The van der Waals surface area contributed by atoms with E-state index in [0.29, 0.717) is 44.7 Å². The van der Waals surface area contributed by atoms with Gasteiger partial charge >= 0.3 is 12.4 Å². The van der Waals surface area contributed by atoms with Crippen LogP contribution < -0.4 is 10.1 Å². The second kappa shape index (κ2) is 11.2. The fourth-order valence-corrected chi connectivity index (χ4v) is 3.80. The minimum absolute atomic E-state index is 0.118. The van der Waals surface area contributed by atoms with E-state index in [2.05, 4.69) is 10.1 Å². The van der Waals surface area contributed by atoms with Gasteiger partial charge in [-0.15, -0.1) is 13.2 Å². The van der Waals surface area contributed by atoms with Crippen LogP contribution in [-0.2, 0) is 11.3 Å². The zero-order valence-corrected chi connectivity index (χ0v) is 19.2. The van der Waals surface area contributed by atoms with E-state index in [-0.39, 0.29) is 11.7 Å². The zero-order chi connectivity index (χ0) is 24.7. The van der Waals surface area contributed by atoms with Gasteiger partial charge in [0.15, 0.2) is 0 Å². The molecule has 2 aromatic carbocycles. The van der Waals surface area contributed by atoms with Crippen molar-refractivity contribution in [3.63, 3.8) is 0 Å². The van der Waals surface area contributed by atoms with Crippen molar-refractivity contribution >= 4 is 17.6 Å². The molecule has 1 atom stereocenters. The number of nitrogens with zero attached hydrogens (tertiary/aromatic N) is 3. The Morgan fingerprint density at radius 3 is 2.35 bits per heavy atom. The number of hydrogen-bond acceptors (Lipinski definition) is 4. The summed E-state index contributed by atoms with van der Waals surface area (Å²) < 4.78 is 40.9. The maximum Gasteiger partial charge on any atom is 0.573 e. The van der Waals surface area contributed by atoms with Crippen LogP contribution in [-0.4, -0.2) is 72.8 Å². The van der Waals surface area contributed by atoms with E-state index >= 15 is 0 Å². The molecule has 0 aliphatic carbocycles. The third-order valence-corrected chi connectivity index (χ3v) is 5.48. The molecule has 1 fully saturated rings. The minimum atomic E-state index is -4.79. The van der Waals surface area contributed by atoms with Gasteiger partial charge in [-0.1, -0.05) is 30.3 Å². The van der Waals surface area contributed by atoms with Crippen LogP contribution in [0.2, 0.25) is 0 Å². The Hall–Kier alpha value is -3.27. The number of urea groups is 1. The van der Waals surface area contributed by atoms with E-state index in [9.17, 15) is 22.8 Å². The number of carbonyl (C=O) groups is 2. The van der Waals surface area contributed by atoms with Crippen molar-refractivity contribution in [1.29, 1.82) is 0 Å². The highest BCUT2D eigenvalue weighted by Crippen LogP contribution is 2.25. The molecule has 1 aliphatic heterocycles. The van der Waals surface area contributed by atoms with Crippen LogP contribution in [0.5, 0.6) is 5.75 Å². The highest BCUT2D eigenvalue weighted by Gasteiger charge is 2.37. The summed E-state index contributed by atoms with van der Waals surface area (Å²) in [5.74, 6) is -0.496. The molecule has 0 aromatic heterocycles. The number of anilines is 1. The van der Waals surface area contributed by atoms with Crippen LogP contribution in [0, 0.1) is 0 Å². The lowest BCUT2D eigenvalue weighted by atomic mass is 10.1. The minimum Gasteiger partial charge on any atom is -0.406 e. The smallest absolute Gasteiger partial charge is 0.406 e. The molecule has 1 N–H and O–H groups in total. The molecular formula is C24H29F3N4O3. The van der Waals surface area contributed by atoms with Gasteiger partial charge in [0.05, 0.1) is 0 Å². The fourth-order valence-electron chi connectivity index (χ4n) is 3.80. The lowest BCUT2D eigenvalue weighted by Crippen LogP contribution is -2.50. The van der Waals surface area contributed by atoms with Crippen LogP contribution in [0.4, 0.5) is 23.7 Å². The number of alkyl halides is 3. The number of likely N-dealkylation sites (N-methyl/N-ethyl adjacent to an activating group) is 1. The molecule has 34 heavy (non-hydrogen) atoms. The number of benzene rings is 2. The first-order chi connectivity index (χ1) is 16.1. The van der Waals surface area contributed by atoms with Crippen LogP contribution in [0.1, 0.15) is 18.4 Å². The lowest BCUT2D eigenvalue weighted by molar-refractivity contribution is -0.274. The van der Waals surface area contributed by atoms with Crippen LogP contribution >= 0.6 is 0 Å². The first kappa shape index (κ1) is 25.4. The van der Waals surface area contributed by atoms with Crippen molar-refractivity contribution in [3.8, 4) is 5.75 Å². The SMILES string of the molecule is CN(C)CCN(Cc1ccccc1)C(=O)[C@@H]1CCCN1C(=O)Nc1ccc(OC(F)(F)F)cc1. The van der Waals surface area contributed by atoms with E-state index in [1.165, 1.54) is 17.0 Å². The monoisotopic (exact) mass is 478 g/mol. The molecule has 10 heteroatoms. The molecule has 3 rings (SSSR count). The molecule has 3 amide bonds. The Balaban J connectivity index is 1.67. The van der Waals surface area contributed by atoms with Crippen molar-refractivity contribution in [3.05, 3.63) is 60.2 Å².